The highest BCUT2D eigenvalue weighted by atomic mass is 32.2. The summed E-state index contributed by atoms with van der Waals surface area (Å²) in [5.41, 5.74) is 0.598. The Hall–Kier alpha value is 0.110. The summed E-state index contributed by atoms with van der Waals surface area (Å²) in [6.45, 7) is 6.98. The second-order valence-electron chi connectivity index (χ2n) is 5.60. The highest BCUT2D eigenvalue weighted by Crippen LogP contribution is 2.66. The lowest BCUT2D eigenvalue weighted by Gasteiger charge is -2.38. The van der Waals surface area contributed by atoms with Crippen molar-refractivity contribution in [3.8, 4) is 0 Å². The Morgan fingerprint density at radius 1 is 1.36 bits per heavy atom. The highest BCUT2D eigenvalue weighted by molar-refractivity contribution is 7.79. The lowest BCUT2D eigenvalue weighted by atomic mass is 9.70. The zero-order valence-corrected chi connectivity index (χ0v) is 10.3. The van der Waals surface area contributed by atoms with Crippen molar-refractivity contribution in [1.29, 1.82) is 0 Å². The van der Waals surface area contributed by atoms with Gasteiger partial charge in [0.2, 0.25) is 0 Å². The van der Waals surface area contributed by atoms with Gasteiger partial charge in [-0.1, -0.05) is 20.8 Å². The van der Waals surface area contributed by atoms with Crippen LogP contribution in [0.25, 0.3) is 0 Å². The fraction of sp³-hybridized carbons (Fsp3) is 1.00. The average Bonchev–Trinajstić information content (AvgIpc) is 2.35. The number of hydrogen-bond acceptors (Lipinski definition) is 2. The molecule has 0 N–H and O–H groups in total. The van der Waals surface area contributed by atoms with Gasteiger partial charge < -0.3 is 0 Å². The first-order valence-electron chi connectivity index (χ1n) is 5.38. The minimum Gasteiger partial charge on any atom is -0.287 e. The normalized spacial score (nSPS) is 46.9. The van der Waals surface area contributed by atoms with E-state index in [1.807, 2.05) is 0 Å². The van der Waals surface area contributed by atoms with Crippen molar-refractivity contribution >= 4 is 11.1 Å². The molecule has 3 heteroatoms. The highest BCUT2D eigenvalue weighted by Gasteiger charge is 2.62. The van der Waals surface area contributed by atoms with Gasteiger partial charge in [0, 0.05) is 11.7 Å². The van der Waals surface area contributed by atoms with E-state index in [9.17, 15) is 4.21 Å². The van der Waals surface area contributed by atoms with Gasteiger partial charge in [-0.15, -0.1) is 0 Å². The second-order valence-corrected chi connectivity index (χ2v) is 6.59. The first-order chi connectivity index (χ1) is 6.38. The summed E-state index contributed by atoms with van der Waals surface area (Å²) in [6.07, 6.45) is 5.49. The lowest BCUT2D eigenvalue weighted by Crippen LogP contribution is -2.37. The molecule has 2 nitrogen and oxygen atoms in total. The van der Waals surface area contributed by atoms with Crippen LogP contribution >= 0.6 is 0 Å². The van der Waals surface area contributed by atoms with Crippen LogP contribution in [0.2, 0.25) is 0 Å². The third-order valence-electron chi connectivity index (χ3n) is 4.97. The van der Waals surface area contributed by atoms with Crippen LogP contribution < -0.4 is 0 Å². The minimum absolute atomic E-state index is 0.210. The lowest BCUT2D eigenvalue weighted by molar-refractivity contribution is 0.0396. The Balaban J connectivity index is 2.23. The Kier molecular flexibility index (Phi) is 2.31. The van der Waals surface area contributed by atoms with Gasteiger partial charge in [0.15, 0.2) is 11.1 Å². The molecule has 0 aromatic rings. The molecule has 0 aromatic heterocycles. The molecule has 0 spiro atoms. The zero-order chi connectivity index (χ0) is 10.6. The zero-order valence-electron chi connectivity index (χ0n) is 9.50. The summed E-state index contributed by atoms with van der Waals surface area (Å²) >= 11 is -1.12. The van der Waals surface area contributed by atoms with Crippen LogP contribution in [-0.4, -0.2) is 16.6 Å². The molecule has 82 valence electrons. The second kappa shape index (κ2) is 3.05. The first-order valence-corrected chi connectivity index (χ1v) is 6.87. The van der Waals surface area contributed by atoms with Crippen LogP contribution in [-0.2, 0) is 15.3 Å². The van der Waals surface area contributed by atoms with E-state index < -0.39 is 11.1 Å². The summed E-state index contributed by atoms with van der Waals surface area (Å²) < 4.78 is 16.7. The molecule has 2 bridgehead atoms. The van der Waals surface area contributed by atoms with E-state index in [0.29, 0.717) is 5.41 Å². The van der Waals surface area contributed by atoms with Crippen LogP contribution in [0, 0.1) is 16.7 Å². The molecule has 2 saturated carbocycles. The maximum Gasteiger partial charge on any atom is 0.152 e. The average molecular weight is 216 g/mol. The molecule has 1 unspecified atom stereocenters. The fourth-order valence-electron chi connectivity index (χ4n) is 3.44. The van der Waals surface area contributed by atoms with Crippen molar-refractivity contribution in [2.24, 2.45) is 16.7 Å². The van der Waals surface area contributed by atoms with E-state index in [1.54, 1.807) is 6.26 Å². The number of fused-ring (bicyclic) bond motifs is 2. The van der Waals surface area contributed by atoms with Gasteiger partial charge in [0.25, 0.3) is 0 Å². The predicted octanol–water partition coefficient (Wildman–Crippen LogP) is 2.51. The Labute approximate surface area is 89.1 Å². The quantitative estimate of drug-likeness (QED) is 0.709. The molecule has 4 atom stereocenters. The molecule has 0 saturated heterocycles. The molecule has 0 heterocycles. The SMILES string of the molecule is CS(=O)O[C@@H]1C[C@@H]2CC[C@@]1(C)C2(C)C. The van der Waals surface area contributed by atoms with Crippen molar-refractivity contribution in [3.63, 3.8) is 0 Å². The largest absolute Gasteiger partial charge is 0.287 e. The first kappa shape index (κ1) is 10.6. The Morgan fingerprint density at radius 2 is 2.00 bits per heavy atom. The smallest absolute Gasteiger partial charge is 0.152 e. The summed E-state index contributed by atoms with van der Waals surface area (Å²) in [5.74, 6) is 0.765. The van der Waals surface area contributed by atoms with Gasteiger partial charge >= 0.3 is 0 Å². The van der Waals surface area contributed by atoms with Crippen LogP contribution in [0.4, 0.5) is 0 Å². The molecule has 0 radical (unpaired) electrons. The minimum atomic E-state index is -1.12. The van der Waals surface area contributed by atoms with Crippen molar-refractivity contribution in [2.75, 3.05) is 6.26 Å². The van der Waals surface area contributed by atoms with Gasteiger partial charge in [-0.05, 0) is 30.6 Å². The van der Waals surface area contributed by atoms with E-state index in [2.05, 4.69) is 20.8 Å². The topological polar surface area (TPSA) is 26.3 Å². The summed E-state index contributed by atoms with van der Waals surface area (Å²) in [7, 11) is 0. The van der Waals surface area contributed by atoms with Crippen molar-refractivity contribution in [2.45, 2.75) is 46.1 Å². The van der Waals surface area contributed by atoms with E-state index in [1.165, 1.54) is 12.8 Å². The molecule has 0 aromatic carbocycles. The van der Waals surface area contributed by atoms with Gasteiger partial charge in [-0.2, -0.15) is 0 Å². The number of rotatable bonds is 2. The van der Waals surface area contributed by atoms with Crippen molar-refractivity contribution < 1.29 is 8.39 Å². The molecule has 2 aliphatic rings. The van der Waals surface area contributed by atoms with Crippen molar-refractivity contribution in [3.05, 3.63) is 0 Å². The van der Waals surface area contributed by atoms with Gasteiger partial charge in [-0.25, -0.2) is 4.21 Å². The summed E-state index contributed by atoms with van der Waals surface area (Å²) in [6, 6.07) is 0. The molecule has 0 amide bonds. The third kappa shape index (κ3) is 1.21. The standard InChI is InChI=1S/C11H20O2S/c1-10(2)8-5-6-11(10,3)9(7-8)13-14(4)12/h8-9H,5-7H2,1-4H3/t8-,9+,11+,14?/m0/s1. The summed E-state index contributed by atoms with van der Waals surface area (Å²) in [5, 5.41) is 0. The van der Waals surface area contributed by atoms with E-state index >= 15 is 0 Å². The van der Waals surface area contributed by atoms with Gasteiger partial charge in [0.1, 0.15) is 0 Å². The molecule has 0 aliphatic heterocycles. The maximum absolute atomic E-state index is 11.1. The van der Waals surface area contributed by atoms with E-state index in [4.69, 9.17) is 4.18 Å². The van der Waals surface area contributed by atoms with Gasteiger partial charge in [-0.3, -0.25) is 4.18 Å². The fourth-order valence-corrected chi connectivity index (χ4v) is 4.06. The molecular weight excluding hydrogens is 196 g/mol. The number of hydrogen-bond donors (Lipinski definition) is 0. The molecule has 2 rings (SSSR count). The Bertz CT molecular complexity index is 274. The van der Waals surface area contributed by atoms with E-state index in [0.717, 1.165) is 12.3 Å². The maximum atomic E-state index is 11.1. The summed E-state index contributed by atoms with van der Waals surface area (Å²) in [4.78, 5) is 0. The van der Waals surface area contributed by atoms with Crippen LogP contribution in [0.15, 0.2) is 0 Å². The predicted molar refractivity (Wildman–Crippen MR) is 58.2 cm³/mol. The third-order valence-corrected chi connectivity index (χ3v) is 5.47. The monoisotopic (exact) mass is 216 g/mol. The van der Waals surface area contributed by atoms with Crippen LogP contribution in [0.3, 0.4) is 0 Å². The molecule has 2 fully saturated rings. The van der Waals surface area contributed by atoms with E-state index in [-0.39, 0.29) is 11.5 Å². The van der Waals surface area contributed by atoms with Crippen LogP contribution in [0.1, 0.15) is 40.0 Å². The molecule has 14 heavy (non-hydrogen) atoms. The van der Waals surface area contributed by atoms with Gasteiger partial charge in [0.05, 0.1) is 6.10 Å². The molecule has 2 aliphatic carbocycles. The van der Waals surface area contributed by atoms with Crippen molar-refractivity contribution in [1.82, 2.24) is 0 Å². The Morgan fingerprint density at radius 3 is 2.36 bits per heavy atom. The van der Waals surface area contributed by atoms with Crippen LogP contribution in [0.5, 0.6) is 0 Å². The molecular formula is C11H20O2S.